The minimum absolute atomic E-state index is 0.0273. The highest BCUT2D eigenvalue weighted by atomic mass is 16.5. The summed E-state index contributed by atoms with van der Waals surface area (Å²) >= 11 is 0. The molecule has 1 saturated carbocycles. The second-order valence-corrected chi connectivity index (χ2v) is 9.42. The van der Waals surface area contributed by atoms with E-state index in [4.69, 9.17) is 21.3 Å². The zero-order chi connectivity index (χ0) is 25.3. The van der Waals surface area contributed by atoms with Crippen LogP contribution in [0.1, 0.15) is 30.4 Å². The van der Waals surface area contributed by atoms with Crippen molar-refractivity contribution in [3.8, 4) is 11.1 Å². The summed E-state index contributed by atoms with van der Waals surface area (Å²) in [4.78, 5) is 26.8. The van der Waals surface area contributed by atoms with Gasteiger partial charge in [-0.1, -0.05) is 30.7 Å². The first-order valence-corrected chi connectivity index (χ1v) is 11.9. The molecular formula is C25H31N8O3+. The van der Waals surface area contributed by atoms with Gasteiger partial charge in [-0.05, 0) is 24.0 Å². The van der Waals surface area contributed by atoms with E-state index >= 15 is 0 Å². The first kappa shape index (κ1) is 23.9. The van der Waals surface area contributed by atoms with Gasteiger partial charge in [-0.2, -0.15) is 10.1 Å². The maximum Gasteiger partial charge on any atom is 0.364 e. The van der Waals surface area contributed by atoms with Gasteiger partial charge in [0, 0.05) is 49.8 Å². The highest BCUT2D eigenvalue weighted by Gasteiger charge is 2.45. The van der Waals surface area contributed by atoms with Gasteiger partial charge in [0.05, 0.1) is 12.3 Å². The number of hydrogen-bond acceptors (Lipinski definition) is 8. The molecule has 1 amide bonds. The van der Waals surface area contributed by atoms with Gasteiger partial charge >= 0.3 is 5.90 Å². The molecule has 1 atom stereocenters. The fourth-order valence-electron chi connectivity index (χ4n) is 4.73. The molecule has 11 nitrogen and oxygen atoms in total. The largest absolute Gasteiger partial charge is 0.578 e. The van der Waals surface area contributed by atoms with Gasteiger partial charge in [-0.3, -0.25) is 9.48 Å². The lowest BCUT2D eigenvalue weighted by molar-refractivity contribution is -0.143. The number of amides is 1. The molecule has 5 rings (SSSR count). The predicted molar refractivity (Wildman–Crippen MR) is 135 cm³/mol. The number of carbonyl (C=O) groups excluding carboxylic acids is 1. The predicted octanol–water partition coefficient (Wildman–Crippen LogP) is 0.657. The van der Waals surface area contributed by atoms with Crippen molar-refractivity contribution in [2.24, 2.45) is 10.7 Å². The average molecular weight is 492 g/mol. The number of hydrogen-bond donors (Lipinski definition) is 2. The number of nitrogen functional groups attached to an aromatic ring is 1. The van der Waals surface area contributed by atoms with E-state index in [1.165, 1.54) is 4.68 Å². The quantitative estimate of drug-likeness (QED) is 0.266. The van der Waals surface area contributed by atoms with Gasteiger partial charge in [-0.15, -0.1) is 0 Å². The third-order valence-corrected chi connectivity index (χ3v) is 7.28. The molecule has 2 aromatic heterocycles. The van der Waals surface area contributed by atoms with Crippen LogP contribution in [0.2, 0.25) is 0 Å². The van der Waals surface area contributed by atoms with Crippen LogP contribution in [0.5, 0.6) is 0 Å². The highest BCUT2D eigenvalue weighted by molar-refractivity contribution is 5.92. The Hall–Kier alpha value is -3.83. The monoisotopic (exact) mass is 491 g/mol. The number of aromatic nitrogens is 4. The van der Waals surface area contributed by atoms with E-state index in [1.54, 1.807) is 36.8 Å². The van der Waals surface area contributed by atoms with Crippen molar-refractivity contribution in [3.05, 3.63) is 60.2 Å². The molecule has 188 valence electrons. The summed E-state index contributed by atoms with van der Waals surface area (Å²) in [7, 11) is 1.64. The van der Waals surface area contributed by atoms with E-state index in [9.17, 15) is 4.79 Å². The molecule has 2 aliphatic rings. The Bertz CT molecular complexity index is 1250. The van der Waals surface area contributed by atoms with Crippen molar-refractivity contribution in [1.82, 2.24) is 24.6 Å². The van der Waals surface area contributed by atoms with Crippen molar-refractivity contribution >= 4 is 17.8 Å². The number of carbonyl (C=O) groups is 1. The van der Waals surface area contributed by atoms with Crippen molar-refractivity contribution < 1.29 is 14.6 Å². The van der Waals surface area contributed by atoms with Crippen LogP contribution in [0.3, 0.4) is 0 Å². The van der Waals surface area contributed by atoms with Gasteiger partial charge in [0.1, 0.15) is 18.3 Å². The Kier molecular flexibility index (Phi) is 6.42. The van der Waals surface area contributed by atoms with E-state index in [-0.39, 0.29) is 35.8 Å². The fraction of sp³-hybridized carbons (Fsp3) is 0.400. The molecule has 2 fully saturated rings. The molecule has 1 aliphatic heterocycles. The van der Waals surface area contributed by atoms with E-state index in [2.05, 4.69) is 32.2 Å². The van der Waals surface area contributed by atoms with E-state index in [0.29, 0.717) is 18.7 Å². The van der Waals surface area contributed by atoms with Gasteiger partial charge in [0.15, 0.2) is 0 Å². The van der Waals surface area contributed by atoms with E-state index in [1.807, 2.05) is 12.1 Å². The van der Waals surface area contributed by atoms with E-state index < -0.39 is 6.17 Å². The first-order valence-electron chi connectivity index (χ1n) is 11.9. The molecule has 6 N–H and O–H groups in total. The van der Waals surface area contributed by atoms with Gasteiger partial charge in [0.2, 0.25) is 11.9 Å². The minimum atomic E-state index is -0.568. The Morgan fingerprint density at radius 3 is 2.50 bits per heavy atom. The fourth-order valence-corrected chi connectivity index (χ4v) is 4.73. The number of likely N-dealkylation sites (tertiary alicyclic amines) is 1. The molecule has 0 bridgehead atoms. The zero-order valence-corrected chi connectivity index (χ0v) is 20.2. The Labute approximate surface area is 208 Å². The Balaban J connectivity index is 1.27. The number of nitrogens with zero attached hydrogens (tertiary/aromatic N) is 6. The van der Waals surface area contributed by atoms with Gasteiger partial charge < -0.3 is 26.2 Å². The smallest absolute Gasteiger partial charge is 0.364 e. The summed E-state index contributed by atoms with van der Waals surface area (Å²) in [5, 5.41) is 12.7. The van der Waals surface area contributed by atoms with Crippen molar-refractivity contribution in [3.63, 3.8) is 0 Å². The Morgan fingerprint density at radius 1 is 1.19 bits per heavy atom. The number of rotatable bonds is 8. The summed E-state index contributed by atoms with van der Waals surface area (Å²) in [6.45, 7) is 1.31. The summed E-state index contributed by atoms with van der Waals surface area (Å²) in [5.74, 6) is 0.277. The lowest BCUT2D eigenvalue weighted by Gasteiger charge is -2.44. The number of nitrogens with two attached hydrogens (primary N) is 2. The molecule has 0 radical (unpaired) electrons. The van der Waals surface area contributed by atoms with Crippen LogP contribution in [0.15, 0.2) is 54.0 Å². The molecule has 1 saturated heterocycles. The number of anilines is 1. The molecular weight excluding hydrogens is 460 g/mol. The summed E-state index contributed by atoms with van der Waals surface area (Å²) in [6.07, 6.45) is 9.03. The molecule has 1 unspecified atom stereocenters. The van der Waals surface area contributed by atoms with Crippen molar-refractivity contribution in [2.45, 2.75) is 43.5 Å². The number of aliphatic imine (C=N–C) groups is 1. The minimum Gasteiger partial charge on any atom is -0.578 e. The van der Waals surface area contributed by atoms with Gasteiger partial charge in [0.25, 0.3) is 0 Å². The van der Waals surface area contributed by atoms with Crippen LogP contribution in [0.25, 0.3) is 11.1 Å². The standard InChI is InChI=1S/C25H30N8O3/c1-36-20-13-32(14-20)21(34)15-33-12-18(11-30-33)22(35)31-23(26)25(7-2-8-25)19-5-3-16(4-6-19)17-9-28-24(27)29-10-17/h3-6,9-12,20,23H,2,7-8,13-15,26H2,1H3,(H,31,35)(H2,27,28,29)/p+1. The summed E-state index contributed by atoms with van der Waals surface area (Å²) in [6, 6.07) is 8.18. The number of benzene rings is 1. The van der Waals surface area contributed by atoms with Crippen LogP contribution in [-0.2, 0) is 21.5 Å². The second kappa shape index (κ2) is 9.67. The molecule has 1 aromatic carbocycles. The summed E-state index contributed by atoms with van der Waals surface area (Å²) < 4.78 is 6.75. The van der Waals surface area contributed by atoms with Gasteiger partial charge in [-0.25, -0.2) is 9.97 Å². The van der Waals surface area contributed by atoms with Crippen LogP contribution in [0.4, 0.5) is 5.95 Å². The first-order chi connectivity index (χ1) is 17.4. The molecule has 3 aromatic rings. The molecule has 36 heavy (non-hydrogen) atoms. The maximum atomic E-state index is 12.4. The van der Waals surface area contributed by atoms with Crippen LogP contribution in [-0.4, -0.2) is 74.0 Å². The third kappa shape index (κ3) is 4.54. The lowest BCUT2D eigenvalue weighted by atomic mass is 9.62. The maximum absolute atomic E-state index is 12.4. The third-order valence-electron chi connectivity index (χ3n) is 7.28. The van der Waals surface area contributed by atoms with Crippen molar-refractivity contribution in [2.75, 3.05) is 25.9 Å². The van der Waals surface area contributed by atoms with Crippen LogP contribution >= 0.6 is 0 Å². The molecule has 0 spiro atoms. The normalized spacial score (nSPS) is 18.4. The molecule has 11 heteroatoms. The highest BCUT2D eigenvalue weighted by Crippen LogP contribution is 2.46. The lowest BCUT2D eigenvalue weighted by Crippen LogP contribution is -2.55. The van der Waals surface area contributed by atoms with E-state index in [0.717, 1.165) is 36.0 Å². The summed E-state index contributed by atoms with van der Waals surface area (Å²) in [5.41, 5.74) is 15.4. The van der Waals surface area contributed by atoms with Crippen molar-refractivity contribution in [1.29, 1.82) is 0 Å². The molecule has 3 heterocycles. The topological polar surface area (TPSA) is 160 Å². The second-order valence-electron chi connectivity index (χ2n) is 9.42. The zero-order valence-electron chi connectivity index (χ0n) is 20.2. The van der Waals surface area contributed by atoms with Crippen LogP contribution in [0, 0.1) is 0 Å². The number of ether oxygens (including phenoxy) is 1. The SMILES string of the molecule is COC1CN(C(=O)Cn2cc(/C([OH2+])=N/C(N)C3(c4ccc(-c5cnc(N)nc5)cc4)CCC3)cn2)C1. The molecule has 1 aliphatic carbocycles. The average Bonchev–Trinajstić information content (AvgIpc) is 3.27. The Morgan fingerprint density at radius 2 is 1.89 bits per heavy atom. The number of methoxy groups -OCH3 is 1. The van der Waals surface area contributed by atoms with Crippen LogP contribution < -0.4 is 11.5 Å².